The van der Waals surface area contributed by atoms with Gasteiger partial charge in [0.05, 0.1) is 6.42 Å². The first-order chi connectivity index (χ1) is 8.25. The fourth-order valence-electron chi connectivity index (χ4n) is 2.50. The Labute approximate surface area is 102 Å². The van der Waals surface area contributed by atoms with Gasteiger partial charge in [-0.2, -0.15) is 0 Å². The summed E-state index contributed by atoms with van der Waals surface area (Å²) >= 11 is 0. The minimum atomic E-state index is -0.278. The maximum Gasteiger partial charge on any atom is 0.221 e. The molecule has 1 aromatic rings. The first-order valence-electron chi connectivity index (χ1n) is 6.36. The van der Waals surface area contributed by atoms with Gasteiger partial charge < -0.3 is 11.1 Å². The Morgan fingerprint density at radius 1 is 1.29 bits per heavy atom. The number of nitrogens with one attached hydrogen (secondary N) is 1. The topological polar surface area (TPSA) is 55.1 Å². The van der Waals surface area contributed by atoms with Crippen molar-refractivity contribution in [1.82, 2.24) is 0 Å². The van der Waals surface area contributed by atoms with Crippen molar-refractivity contribution in [3.63, 3.8) is 0 Å². The van der Waals surface area contributed by atoms with Crippen LogP contribution in [-0.4, -0.2) is 12.5 Å². The molecule has 0 bridgehead atoms. The number of hydrogen-bond donors (Lipinski definition) is 2. The second kappa shape index (κ2) is 5.71. The van der Waals surface area contributed by atoms with Gasteiger partial charge in [-0.1, -0.05) is 31.0 Å². The number of amides is 1. The van der Waals surface area contributed by atoms with Gasteiger partial charge >= 0.3 is 0 Å². The number of para-hydroxylation sites is 1. The molecule has 3 heteroatoms. The molecule has 1 aliphatic carbocycles. The van der Waals surface area contributed by atoms with Gasteiger partial charge in [-0.05, 0) is 30.4 Å². The molecule has 0 unspecified atom stereocenters. The van der Waals surface area contributed by atoms with E-state index in [2.05, 4.69) is 5.32 Å². The number of rotatable bonds is 5. The largest absolute Gasteiger partial charge is 0.385 e. The molecule has 1 saturated carbocycles. The molecule has 0 saturated heterocycles. The van der Waals surface area contributed by atoms with E-state index in [0.29, 0.717) is 6.42 Å². The Morgan fingerprint density at radius 3 is 2.71 bits per heavy atom. The predicted octanol–water partition coefficient (Wildman–Crippen LogP) is 2.32. The molecule has 1 fully saturated rings. The fraction of sp³-hybridized carbons (Fsp3) is 0.500. The van der Waals surface area contributed by atoms with Crippen molar-refractivity contribution < 1.29 is 4.79 Å². The highest BCUT2D eigenvalue weighted by atomic mass is 16.1. The zero-order chi connectivity index (χ0) is 12.1. The van der Waals surface area contributed by atoms with Gasteiger partial charge in [-0.25, -0.2) is 0 Å². The van der Waals surface area contributed by atoms with Crippen molar-refractivity contribution in [1.29, 1.82) is 0 Å². The number of carbonyl (C=O) groups is 1. The molecule has 17 heavy (non-hydrogen) atoms. The molecule has 1 aromatic carbocycles. The number of benzene rings is 1. The lowest BCUT2D eigenvalue weighted by molar-refractivity contribution is -0.117. The maximum atomic E-state index is 11.0. The predicted molar refractivity (Wildman–Crippen MR) is 69.8 cm³/mol. The summed E-state index contributed by atoms with van der Waals surface area (Å²) in [7, 11) is 0. The van der Waals surface area contributed by atoms with Crippen LogP contribution in [0.15, 0.2) is 24.3 Å². The lowest BCUT2D eigenvalue weighted by Crippen LogP contribution is -2.16. The molecular weight excluding hydrogens is 212 g/mol. The van der Waals surface area contributed by atoms with Crippen LogP contribution in [0.25, 0.3) is 0 Å². The van der Waals surface area contributed by atoms with E-state index in [-0.39, 0.29) is 5.91 Å². The summed E-state index contributed by atoms with van der Waals surface area (Å²) in [6.45, 7) is 1.01. The summed E-state index contributed by atoms with van der Waals surface area (Å²) in [6.07, 6.45) is 5.67. The fourth-order valence-corrected chi connectivity index (χ4v) is 2.50. The van der Waals surface area contributed by atoms with E-state index in [0.717, 1.165) is 23.7 Å². The van der Waals surface area contributed by atoms with Gasteiger partial charge in [0.2, 0.25) is 5.91 Å². The number of hydrogen-bond acceptors (Lipinski definition) is 2. The maximum absolute atomic E-state index is 11.0. The van der Waals surface area contributed by atoms with Crippen LogP contribution < -0.4 is 11.1 Å². The summed E-state index contributed by atoms with van der Waals surface area (Å²) in [5.74, 6) is 0.511. The van der Waals surface area contributed by atoms with Crippen molar-refractivity contribution in [2.75, 3.05) is 11.9 Å². The Hall–Kier alpha value is -1.51. The van der Waals surface area contributed by atoms with E-state index in [9.17, 15) is 4.79 Å². The Morgan fingerprint density at radius 2 is 2.00 bits per heavy atom. The molecular formula is C14H20N2O. The highest BCUT2D eigenvalue weighted by Gasteiger charge is 2.15. The number of nitrogens with two attached hydrogens (primary N) is 1. The van der Waals surface area contributed by atoms with Gasteiger partial charge in [0.1, 0.15) is 0 Å². The Kier molecular flexibility index (Phi) is 4.02. The second-order valence-corrected chi connectivity index (χ2v) is 4.83. The average Bonchev–Trinajstić information content (AvgIpc) is 2.80. The third-order valence-corrected chi connectivity index (χ3v) is 3.44. The van der Waals surface area contributed by atoms with Crippen LogP contribution in [0.4, 0.5) is 5.69 Å². The molecule has 1 aliphatic rings. The highest BCUT2D eigenvalue weighted by molar-refractivity contribution is 5.78. The molecule has 1 amide bonds. The van der Waals surface area contributed by atoms with Crippen LogP contribution in [0.5, 0.6) is 0 Å². The van der Waals surface area contributed by atoms with Gasteiger partial charge in [0.15, 0.2) is 0 Å². The molecule has 3 nitrogen and oxygen atoms in total. The third kappa shape index (κ3) is 3.48. The van der Waals surface area contributed by atoms with Crippen LogP contribution in [-0.2, 0) is 11.2 Å². The van der Waals surface area contributed by atoms with Gasteiger partial charge in [0, 0.05) is 12.2 Å². The monoisotopic (exact) mass is 232 g/mol. The van der Waals surface area contributed by atoms with Crippen LogP contribution in [0, 0.1) is 5.92 Å². The first-order valence-corrected chi connectivity index (χ1v) is 6.36. The average molecular weight is 232 g/mol. The summed E-state index contributed by atoms with van der Waals surface area (Å²) in [5, 5.41) is 3.45. The van der Waals surface area contributed by atoms with E-state index >= 15 is 0 Å². The quantitative estimate of drug-likeness (QED) is 0.818. The third-order valence-electron chi connectivity index (χ3n) is 3.44. The molecule has 0 radical (unpaired) electrons. The zero-order valence-corrected chi connectivity index (χ0v) is 10.1. The first kappa shape index (κ1) is 12.0. The van der Waals surface area contributed by atoms with Crippen LogP contribution in [0.1, 0.15) is 31.2 Å². The second-order valence-electron chi connectivity index (χ2n) is 4.83. The molecule has 0 spiro atoms. The van der Waals surface area contributed by atoms with Crippen LogP contribution in [0.3, 0.4) is 0 Å². The molecule has 0 heterocycles. The SMILES string of the molecule is NC(=O)Cc1ccccc1NCC1CCCC1. The van der Waals surface area contributed by atoms with Crippen LogP contribution in [0.2, 0.25) is 0 Å². The number of anilines is 1. The zero-order valence-electron chi connectivity index (χ0n) is 10.1. The minimum absolute atomic E-state index is 0.278. The van der Waals surface area contributed by atoms with Crippen molar-refractivity contribution in [2.24, 2.45) is 11.7 Å². The standard InChI is InChI=1S/C14H20N2O/c15-14(17)9-12-7-3-4-8-13(12)16-10-11-5-1-2-6-11/h3-4,7-8,11,16H,1-2,5-6,9-10H2,(H2,15,17). The molecule has 2 rings (SSSR count). The van der Waals surface area contributed by atoms with Gasteiger partial charge in [0.25, 0.3) is 0 Å². The van der Waals surface area contributed by atoms with E-state index in [1.165, 1.54) is 25.7 Å². The number of carbonyl (C=O) groups excluding carboxylic acids is 1. The van der Waals surface area contributed by atoms with E-state index in [1.54, 1.807) is 0 Å². The van der Waals surface area contributed by atoms with Crippen molar-refractivity contribution >= 4 is 11.6 Å². The van der Waals surface area contributed by atoms with Crippen molar-refractivity contribution in [3.8, 4) is 0 Å². The van der Waals surface area contributed by atoms with E-state index < -0.39 is 0 Å². The van der Waals surface area contributed by atoms with Crippen LogP contribution >= 0.6 is 0 Å². The molecule has 0 atom stereocenters. The summed E-state index contributed by atoms with van der Waals surface area (Å²) < 4.78 is 0. The number of primary amides is 1. The van der Waals surface area contributed by atoms with Crippen molar-refractivity contribution in [2.45, 2.75) is 32.1 Å². The van der Waals surface area contributed by atoms with Crippen molar-refractivity contribution in [3.05, 3.63) is 29.8 Å². The molecule has 0 aliphatic heterocycles. The summed E-state index contributed by atoms with van der Waals surface area (Å²) in [4.78, 5) is 11.0. The lowest BCUT2D eigenvalue weighted by Gasteiger charge is -2.14. The van der Waals surface area contributed by atoms with E-state index in [4.69, 9.17) is 5.73 Å². The Balaban J connectivity index is 1.96. The Bertz CT molecular complexity index is 384. The molecule has 92 valence electrons. The normalized spacial score (nSPS) is 16.0. The molecule has 3 N–H and O–H groups in total. The smallest absolute Gasteiger partial charge is 0.221 e. The minimum Gasteiger partial charge on any atom is -0.385 e. The van der Waals surface area contributed by atoms with E-state index in [1.807, 2.05) is 24.3 Å². The summed E-state index contributed by atoms with van der Waals surface area (Å²) in [6, 6.07) is 7.91. The highest BCUT2D eigenvalue weighted by Crippen LogP contribution is 2.25. The summed E-state index contributed by atoms with van der Waals surface area (Å²) in [5.41, 5.74) is 7.30. The lowest BCUT2D eigenvalue weighted by atomic mass is 10.1. The molecule has 0 aromatic heterocycles. The van der Waals surface area contributed by atoms with Gasteiger partial charge in [-0.15, -0.1) is 0 Å². The van der Waals surface area contributed by atoms with Gasteiger partial charge in [-0.3, -0.25) is 4.79 Å².